The molecule has 3 rings (SSSR count). The highest BCUT2D eigenvalue weighted by Crippen LogP contribution is 2.41. The summed E-state index contributed by atoms with van der Waals surface area (Å²) in [5.74, 6) is 1.17. The average molecular weight is 320 g/mol. The SMILES string of the molecule is CC(C)CC(NC(=O)c1cnc(C2CC2)s1)c1cccs1. The van der Waals surface area contributed by atoms with Crippen LogP contribution in [0.3, 0.4) is 0 Å². The molecule has 1 amide bonds. The second-order valence-corrected chi connectivity index (χ2v) is 8.05. The van der Waals surface area contributed by atoms with Gasteiger partial charge in [0.25, 0.3) is 5.91 Å². The minimum atomic E-state index is 0.0125. The summed E-state index contributed by atoms with van der Waals surface area (Å²) in [7, 11) is 0. The van der Waals surface area contributed by atoms with Gasteiger partial charge in [-0.05, 0) is 36.6 Å². The van der Waals surface area contributed by atoms with Crippen LogP contribution in [-0.2, 0) is 0 Å². The Morgan fingerprint density at radius 1 is 1.48 bits per heavy atom. The van der Waals surface area contributed by atoms with Crippen molar-refractivity contribution >= 4 is 28.6 Å². The van der Waals surface area contributed by atoms with Gasteiger partial charge in [0.05, 0.1) is 17.2 Å². The Balaban J connectivity index is 1.70. The lowest BCUT2D eigenvalue weighted by Crippen LogP contribution is -2.28. The van der Waals surface area contributed by atoms with Gasteiger partial charge in [0.15, 0.2) is 0 Å². The molecule has 0 bridgehead atoms. The molecule has 112 valence electrons. The predicted molar refractivity (Wildman–Crippen MR) is 88.1 cm³/mol. The fourth-order valence-electron chi connectivity index (χ4n) is 2.35. The first-order valence-corrected chi connectivity index (χ1v) is 9.13. The van der Waals surface area contributed by atoms with Crippen molar-refractivity contribution in [1.29, 1.82) is 0 Å². The average Bonchev–Trinajstić information content (AvgIpc) is 2.96. The zero-order chi connectivity index (χ0) is 14.8. The fraction of sp³-hybridized carbons (Fsp3) is 0.500. The summed E-state index contributed by atoms with van der Waals surface area (Å²) in [5.41, 5.74) is 0. The molecule has 21 heavy (non-hydrogen) atoms. The van der Waals surface area contributed by atoms with Crippen LogP contribution < -0.4 is 5.32 Å². The Kier molecular flexibility index (Phi) is 4.40. The molecule has 0 aromatic carbocycles. The minimum absolute atomic E-state index is 0.0125. The number of hydrogen-bond acceptors (Lipinski definition) is 4. The molecule has 1 unspecified atom stereocenters. The monoisotopic (exact) mass is 320 g/mol. The van der Waals surface area contributed by atoms with E-state index in [-0.39, 0.29) is 11.9 Å². The Bertz CT molecular complexity index is 600. The summed E-state index contributed by atoms with van der Waals surface area (Å²) in [6.07, 6.45) is 5.13. The van der Waals surface area contributed by atoms with Crippen molar-refractivity contribution in [2.75, 3.05) is 0 Å². The minimum Gasteiger partial charge on any atom is -0.344 e. The molecule has 1 N–H and O–H groups in total. The third-order valence-corrected chi connectivity index (χ3v) is 5.72. The summed E-state index contributed by atoms with van der Waals surface area (Å²) in [4.78, 5) is 18.8. The van der Waals surface area contributed by atoms with Gasteiger partial charge in [-0.15, -0.1) is 22.7 Å². The van der Waals surface area contributed by atoms with Crippen LogP contribution in [-0.4, -0.2) is 10.9 Å². The molecule has 2 aromatic heterocycles. The molecule has 1 fully saturated rings. The number of amides is 1. The lowest BCUT2D eigenvalue weighted by Gasteiger charge is -2.19. The Morgan fingerprint density at radius 2 is 2.29 bits per heavy atom. The number of thiophene rings is 1. The number of rotatable bonds is 6. The third kappa shape index (κ3) is 3.71. The van der Waals surface area contributed by atoms with E-state index in [1.165, 1.54) is 17.7 Å². The topological polar surface area (TPSA) is 42.0 Å². The lowest BCUT2D eigenvalue weighted by molar-refractivity contribution is 0.0936. The highest BCUT2D eigenvalue weighted by atomic mass is 32.1. The van der Waals surface area contributed by atoms with Gasteiger partial charge < -0.3 is 5.32 Å². The van der Waals surface area contributed by atoms with E-state index >= 15 is 0 Å². The summed E-state index contributed by atoms with van der Waals surface area (Å²) in [6.45, 7) is 4.37. The maximum Gasteiger partial charge on any atom is 0.263 e. The highest BCUT2D eigenvalue weighted by molar-refractivity contribution is 7.13. The van der Waals surface area contributed by atoms with Crippen LogP contribution in [0.25, 0.3) is 0 Å². The van der Waals surface area contributed by atoms with Gasteiger partial charge in [0, 0.05) is 10.8 Å². The molecule has 0 radical (unpaired) electrons. The zero-order valence-electron chi connectivity index (χ0n) is 12.3. The molecule has 0 saturated heterocycles. The summed E-state index contributed by atoms with van der Waals surface area (Å²) in [5, 5.41) is 6.37. The number of hydrogen-bond donors (Lipinski definition) is 1. The van der Waals surface area contributed by atoms with Gasteiger partial charge in [-0.2, -0.15) is 0 Å². The summed E-state index contributed by atoms with van der Waals surface area (Å²) < 4.78 is 0. The number of thiazole rings is 1. The first-order valence-electron chi connectivity index (χ1n) is 7.43. The van der Waals surface area contributed by atoms with Crippen molar-refractivity contribution in [1.82, 2.24) is 10.3 Å². The van der Waals surface area contributed by atoms with Crippen LogP contribution in [0, 0.1) is 5.92 Å². The van der Waals surface area contributed by atoms with Crippen molar-refractivity contribution in [3.63, 3.8) is 0 Å². The first-order chi connectivity index (χ1) is 10.1. The van der Waals surface area contributed by atoms with Crippen LogP contribution in [0.4, 0.5) is 0 Å². The smallest absolute Gasteiger partial charge is 0.263 e. The van der Waals surface area contributed by atoms with E-state index in [2.05, 4.69) is 35.6 Å². The number of carbonyl (C=O) groups excluding carboxylic acids is 1. The number of nitrogens with one attached hydrogen (secondary N) is 1. The van der Waals surface area contributed by atoms with Gasteiger partial charge in [-0.1, -0.05) is 19.9 Å². The van der Waals surface area contributed by atoms with E-state index in [0.29, 0.717) is 11.8 Å². The van der Waals surface area contributed by atoms with Crippen LogP contribution in [0.2, 0.25) is 0 Å². The van der Waals surface area contributed by atoms with Gasteiger partial charge in [-0.3, -0.25) is 4.79 Å². The lowest BCUT2D eigenvalue weighted by atomic mass is 10.0. The molecular weight excluding hydrogens is 300 g/mol. The Labute approximate surface area is 133 Å². The largest absolute Gasteiger partial charge is 0.344 e. The molecule has 1 aliphatic carbocycles. The van der Waals surface area contributed by atoms with Gasteiger partial charge in [0.2, 0.25) is 0 Å². The Morgan fingerprint density at radius 3 is 2.90 bits per heavy atom. The van der Waals surface area contributed by atoms with Crippen LogP contribution in [0.1, 0.15) is 64.6 Å². The molecule has 3 nitrogen and oxygen atoms in total. The molecule has 5 heteroatoms. The molecule has 2 heterocycles. The van der Waals surface area contributed by atoms with E-state index < -0.39 is 0 Å². The molecule has 1 saturated carbocycles. The summed E-state index contributed by atoms with van der Waals surface area (Å²) >= 11 is 3.25. The van der Waals surface area contributed by atoms with E-state index in [1.807, 2.05) is 6.07 Å². The molecular formula is C16H20N2OS2. The molecule has 1 aliphatic rings. The van der Waals surface area contributed by atoms with Crippen molar-refractivity contribution in [2.45, 2.75) is 45.1 Å². The highest BCUT2D eigenvalue weighted by Gasteiger charge is 2.28. The van der Waals surface area contributed by atoms with E-state index in [1.54, 1.807) is 28.9 Å². The second kappa shape index (κ2) is 6.28. The van der Waals surface area contributed by atoms with Crippen molar-refractivity contribution in [3.8, 4) is 0 Å². The first kappa shape index (κ1) is 14.7. The quantitative estimate of drug-likeness (QED) is 0.845. The number of carbonyl (C=O) groups is 1. The number of aromatic nitrogens is 1. The van der Waals surface area contributed by atoms with Crippen molar-refractivity contribution in [3.05, 3.63) is 38.5 Å². The summed E-state index contributed by atoms with van der Waals surface area (Å²) in [6, 6.07) is 4.24. The van der Waals surface area contributed by atoms with Gasteiger partial charge >= 0.3 is 0 Å². The number of nitrogens with zero attached hydrogens (tertiary/aromatic N) is 1. The van der Waals surface area contributed by atoms with Crippen LogP contribution in [0.15, 0.2) is 23.7 Å². The van der Waals surface area contributed by atoms with Gasteiger partial charge in [0.1, 0.15) is 4.88 Å². The molecule has 0 aliphatic heterocycles. The standard InChI is InChI=1S/C16H20N2OS2/c1-10(2)8-12(13-4-3-7-20-13)18-15(19)14-9-17-16(21-14)11-5-6-11/h3-4,7,9-12H,5-6,8H2,1-2H3,(H,18,19). The van der Waals surface area contributed by atoms with E-state index in [0.717, 1.165) is 16.3 Å². The predicted octanol–water partition coefficient (Wildman–Crippen LogP) is 4.60. The molecule has 0 spiro atoms. The maximum atomic E-state index is 12.5. The van der Waals surface area contributed by atoms with Crippen LogP contribution >= 0.6 is 22.7 Å². The molecule has 2 aromatic rings. The van der Waals surface area contributed by atoms with Crippen molar-refractivity contribution in [2.24, 2.45) is 5.92 Å². The second-order valence-electron chi connectivity index (χ2n) is 6.01. The van der Waals surface area contributed by atoms with Gasteiger partial charge in [-0.25, -0.2) is 4.98 Å². The third-order valence-electron chi connectivity index (χ3n) is 3.57. The van der Waals surface area contributed by atoms with E-state index in [9.17, 15) is 4.79 Å². The van der Waals surface area contributed by atoms with Crippen molar-refractivity contribution < 1.29 is 4.79 Å². The Hall–Kier alpha value is -1.20. The maximum absolute atomic E-state index is 12.5. The molecule has 1 atom stereocenters. The fourth-order valence-corrected chi connectivity index (χ4v) is 4.13. The normalized spacial score (nSPS) is 16.1. The van der Waals surface area contributed by atoms with Crippen LogP contribution in [0.5, 0.6) is 0 Å². The van der Waals surface area contributed by atoms with E-state index in [4.69, 9.17) is 0 Å². The zero-order valence-corrected chi connectivity index (χ0v) is 14.0.